The fraction of sp³-hybridized carbons (Fsp3) is 0.368. The van der Waals surface area contributed by atoms with Crippen LogP contribution in [-0.2, 0) is 6.18 Å². The van der Waals surface area contributed by atoms with E-state index in [0.29, 0.717) is 18.7 Å². The molecule has 9 heteroatoms. The molecule has 1 aromatic carbocycles. The maximum absolute atomic E-state index is 13.7. The van der Waals surface area contributed by atoms with Crippen LogP contribution < -0.4 is 10.6 Å². The molecule has 3 rings (SSSR count). The molecule has 0 saturated carbocycles. The first kappa shape index (κ1) is 20.2. The maximum Gasteiger partial charge on any atom is 0.416 e. The number of hydrogen-bond donors (Lipinski definition) is 2. The molecule has 1 aliphatic heterocycles. The van der Waals surface area contributed by atoms with Crippen molar-refractivity contribution in [2.45, 2.75) is 19.1 Å². The summed E-state index contributed by atoms with van der Waals surface area (Å²) in [6.07, 6.45) is -3.39. The summed E-state index contributed by atoms with van der Waals surface area (Å²) in [5, 5.41) is 5.56. The molecule has 0 spiro atoms. The predicted molar refractivity (Wildman–Crippen MR) is 96.4 cm³/mol. The normalized spacial score (nSPS) is 16.6. The van der Waals surface area contributed by atoms with Crippen LogP contribution >= 0.6 is 0 Å². The lowest BCUT2D eigenvalue weighted by Crippen LogP contribution is -2.44. The molecular formula is C19H20F4N4O. The fourth-order valence-electron chi connectivity index (χ4n) is 3.16. The molecule has 2 N–H and O–H groups in total. The zero-order valence-corrected chi connectivity index (χ0v) is 15.2. The van der Waals surface area contributed by atoms with Crippen molar-refractivity contribution in [2.24, 2.45) is 0 Å². The van der Waals surface area contributed by atoms with Crippen molar-refractivity contribution in [1.29, 1.82) is 0 Å². The molecule has 1 unspecified atom stereocenters. The quantitative estimate of drug-likeness (QED) is 0.614. The summed E-state index contributed by atoms with van der Waals surface area (Å²) in [5.41, 5.74) is -0.815. The summed E-state index contributed by atoms with van der Waals surface area (Å²) in [6, 6.07) is 5.76. The first-order valence-corrected chi connectivity index (χ1v) is 8.84. The Labute approximate surface area is 159 Å². The highest BCUT2D eigenvalue weighted by atomic mass is 19.4. The van der Waals surface area contributed by atoms with E-state index in [1.807, 2.05) is 6.92 Å². The lowest BCUT2D eigenvalue weighted by Gasteiger charge is -2.33. The van der Waals surface area contributed by atoms with Gasteiger partial charge in [-0.15, -0.1) is 0 Å². The first-order valence-electron chi connectivity index (χ1n) is 8.84. The van der Waals surface area contributed by atoms with Crippen molar-refractivity contribution in [2.75, 3.05) is 31.5 Å². The Balaban J connectivity index is 1.91. The van der Waals surface area contributed by atoms with Gasteiger partial charge in [-0.3, -0.25) is 9.69 Å². The van der Waals surface area contributed by atoms with Gasteiger partial charge in [-0.2, -0.15) is 17.6 Å². The maximum atomic E-state index is 13.7. The monoisotopic (exact) mass is 396 g/mol. The molecule has 1 aliphatic rings. The zero-order valence-electron chi connectivity index (χ0n) is 15.2. The number of carbonyl (C=O) groups is 1. The van der Waals surface area contributed by atoms with Gasteiger partial charge >= 0.3 is 6.18 Å². The van der Waals surface area contributed by atoms with Gasteiger partial charge in [-0.05, 0) is 42.8 Å². The highest BCUT2D eigenvalue weighted by Gasteiger charge is 2.32. The van der Waals surface area contributed by atoms with Crippen molar-refractivity contribution in [3.8, 4) is 0 Å². The first-order chi connectivity index (χ1) is 13.3. The van der Waals surface area contributed by atoms with E-state index in [1.165, 1.54) is 24.4 Å². The summed E-state index contributed by atoms with van der Waals surface area (Å²) in [6.45, 7) is 4.76. The van der Waals surface area contributed by atoms with Gasteiger partial charge in [0.05, 0.1) is 11.1 Å². The number of amides is 1. The highest BCUT2D eigenvalue weighted by Crippen LogP contribution is 2.34. The topological polar surface area (TPSA) is 57.3 Å². The second kappa shape index (κ2) is 8.24. The largest absolute Gasteiger partial charge is 0.416 e. The van der Waals surface area contributed by atoms with Crippen LogP contribution in [0, 0.1) is 5.95 Å². The molecule has 2 heterocycles. The SMILES string of the molecule is CC(c1cc(NC(=O)c2cccnc2F)cc(C(F)(F)F)c1)N1CCNCC1. The van der Waals surface area contributed by atoms with E-state index < -0.39 is 23.6 Å². The minimum Gasteiger partial charge on any atom is -0.322 e. The van der Waals surface area contributed by atoms with Crippen molar-refractivity contribution < 1.29 is 22.4 Å². The van der Waals surface area contributed by atoms with Crippen LogP contribution in [0.3, 0.4) is 0 Å². The predicted octanol–water partition coefficient (Wildman–Crippen LogP) is 3.46. The van der Waals surface area contributed by atoms with Crippen LogP contribution in [0.25, 0.3) is 0 Å². The minimum absolute atomic E-state index is 0.0416. The number of nitrogens with zero attached hydrogens (tertiary/aromatic N) is 2. The molecule has 1 aromatic heterocycles. The van der Waals surface area contributed by atoms with Gasteiger partial charge in [0.15, 0.2) is 0 Å². The number of halogens is 4. The van der Waals surface area contributed by atoms with Gasteiger partial charge in [0, 0.05) is 44.1 Å². The van der Waals surface area contributed by atoms with Crippen molar-refractivity contribution >= 4 is 11.6 Å². The molecule has 28 heavy (non-hydrogen) atoms. The summed E-state index contributed by atoms with van der Waals surface area (Å²) in [7, 11) is 0. The molecule has 1 amide bonds. The summed E-state index contributed by atoms with van der Waals surface area (Å²) in [5.74, 6) is -1.84. The Kier molecular flexibility index (Phi) is 5.95. The molecule has 0 aliphatic carbocycles. The van der Waals surface area contributed by atoms with Gasteiger partial charge in [0.25, 0.3) is 5.91 Å². The number of benzene rings is 1. The van der Waals surface area contributed by atoms with Crippen molar-refractivity contribution in [3.63, 3.8) is 0 Å². The molecule has 5 nitrogen and oxygen atoms in total. The van der Waals surface area contributed by atoms with Gasteiger partial charge in [0.2, 0.25) is 5.95 Å². The number of piperazine rings is 1. The number of pyridine rings is 1. The van der Waals surface area contributed by atoms with Crippen LogP contribution in [0.15, 0.2) is 36.5 Å². The van der Waals surface area contributed by atoms with E-state index >= 15 is 0 Å². The molecule has 0 bridgehead atoms. The van der Waals surface area contributed by atoms with Gasteiger partial charge in [0.1, 0.15) is 0 Å². The summed E-state index contributed by atoms with van der Waals surface area (Å²) >= 11 is 0. The number of rotatable bonds is 4. The van der Waals surface area contributed by atoms with E-state index in [9.17, 15) is 22.4 Å². The highest BCUT2D eigenvalue weighted by molar-refractivity contribution is 6.04. The van der Waals surface area contributed by atoms with Crippen LogP contribution in [-0.4, -0.2) is 42.0 Å². The van der Waals surface area contributed by atoms with E-state index in [1.54, 1.807) is 0 Å². The number of carbonyl (C=O) groups excluding carboxylic acids is 1. The Morgan fingerprint density at radius 3 is 2.61 bits per heavy atom. The summed E-state index contributed by atoms with van der Waals surface area (Å²) in [4.78, 5) is 17.7. The Hall–Kier alpha value is -2.52. The summed E-state index contributed by atoms with van der Waals surface area (Å²) < 4.78 is 53.8. The average molecular weight is 396 g/mol. The van der Waals surface area contributed by atoms with Crippen LogP contribution in [0.5, 0.6) is 0 Å². The Bertz CT molecular complexity index is 850. The molecule has 150 valence electrons. The third kappa shape index (κ3) is 4.66. The molecule has 1 fully saturated rings. The third-order valence-corrected chi connectivity index (χ3v) is 4.73. The number of anilines is 1. The standard InChI is InChI=1S/C19H20F4N4O/c1-12(27-7-5-24-6-8-27)13-9-14(19(21,22)23)11-15(10-13)26-18(28)16-3-2-4-25-17(16)20/h2-4,9-12,24H,5-8H2,1H3,(H,26,28). The average Bonchev–Trinajstić information content (AvgIpc) is 2.67. The lowest BCUT2D eigenvalue weighted by molar-refractivity contribution is -0.137. The molecule has 1 saturated heterocycles. The Morgan fingerprint density at radius 2 is 1.96 bits per heavy atom. The van der Waals surface area contributed by atoms with Crippen LogP contribution in [0.4, 0.5) is 23.2 Å². The van der Waals surface area contributed by atoms with Gasteiger partial charge < -0.3 is 10.6 Å². The van der Waals surface area contributed by atoms with E-state index in [2.05, 4.69) is 20.5 Å². The molecule has 0 radical (unpaired) electrons. The van der Waals surface area contributed by atoms with Gasteiger partial charge in [-0.25, -0.2) is 4.98 Å². The van der Waals surface area contributed by atoms with E-state index in [4.69, 9.17) is 0 Å². The number of nitrogens with one attached hydrogen (secondary N) is 2. The van der Waals surface area contributed by atoms with E-state index in [-0.39, 0.29) is 17.3 Å². The van der Waals surface area contributed by atoms with Crippen molar-refractivity contribution in [3.05, 3.63) is 59.2 Å². The fourth-order valence-corrected chi connectivity index (χ4v) is 3.16. The number of alkyl halides is 3. The van der Waals surface area contributed by atoms with Crippen LogP contribution in [0.1, 0.15) is 34.5 Å². The van der Waals surface area contributed by atoms with Crippen LogP contribution in [0.2, 0.25) is 0 Å². The molecule has 2 aromatic rings. The minimum atomic E-state index is -4.57. The number of hydrogen-bond acceptors (Lipinski definition) is 4. The Morgan fingerprint density at radius 1 is 1.25 bits per heavy atom. The molecule has 1 atom stereocenters. The smallest absolute Gasteiger partial charge is 0.322 e. The second-order valence-corrected chi connectivity index (χ2v) is 6.60. The van der Waals surface area contributed by atoms with Gasteiger partial charge in [-0.1, -0.05) is 0 Å². The third-order valence-electron chi connectivity index (χ3n) is 4.73. The molecular weight excluding hydrogens is 376 g/mol. The zero-order chi connectivity index (χ0) is 20.3. The van der Waals surface area contributed by atoms with Crippen molar-refractivity contribution in [1.82, 2.24) is 15.2 Å². The second-order valence-electron chi connectivity index (χ2n) is 6.60. The van der Waals surface area contributed by atoms with E-state index in [0.717, 1.165) is 25.2 Å². The number of aromatic nitrogens is 1. The lowest BCUT2D eigenvalue weighted by atomic mass is 10.0.